The van der Waals surface area contributed by atoms with Gasteiger partial charge in [-0.2, -0.15) is 0 Å². The summed E-state index contributed by atoms with van der Waals surface area (Å²) in [7, 11) is 0. The number of rotatable bonds is 7. The van der Waals surface area contributed by atoms with Gasteiger partial charge in [0.2, 0.25) is 0 Å². The lowest BCUT2D eigenvalue weighted by Crippen LogP contribution is -2.27. The third-order valence-electron chi connectivity index (χ3n) is 3.40. The molecule has 0 aliphatic rings. The van der Waals surface area contributed by atoms with Gasteiger partial charge in [-0.15, -0.1) is 0 Å². The molecule has 1 unspecified atom stereocenters. The highest BCUT2D eigenvalue weighted by atomic mass is 19.1. The van der Waals surface area contributed by atoms with Crippen LogP contribution in [0.25, 0.3) is 0 Å². The molecule has 0 aliphatic heterocycles. The van der Waals surface area contributed by atoms with Gasteiger partial charge in [0, 0.05) is 25.0 Å². The standard InChI is InChI=1S/C16H21F2N3/c1-3-5-19-15(16-20-6-7-21(16)4-2)10-12-8-13(17)11-14(18)9-12/h6-9,11,15,19H,3-5,10H2,1-2H3. The lowest BCUT2D eigenvalue weighted by Gasteiger charge is -2.19. The molecule has 1 aromatic heterocycles. The van der Waals surface area contributed by atoms with Gasteiger partial charge in [-0.1, -0.05) is 6.92 Å². The van der Waals surface area contributed by atoms with Gasteiger partial charge in [-0.05, 0) is 44.0 Å². The van der Waals surface area contributed by atoms with Crippen LogP contribution in [0.5, 0.6) is 0 Å². The summed E-state index contributed by atoms with van der Waals surface area (Å²) < 4.78 is 28.7. The van der Waals surface area contributed by atoms with E-state index >= 15 is 0 Å². The number of imidazole rings is 1. The second kappa shape index (κ2) is 7.31. The first-order valence-electron chi connectivity index (χ1n) is 7.33. The zero-order chi connectivity index (χ0) is 15.2. The van der Waals surface area contributed by atoms with Crippen molar-refractivity contribution in [2.45, 2.75) is 39.3 Å². The van der Waals surface area contributed by atoms with Crippen LogP contribution in [0.3, 0.4) is 0 Å². The number of halogens is 2. The predicted octanol–water partition coefficient (Wildman–Crippen LogP) is 3.46. The van der Waals surface area contributed by atoms with Gasteiger partial charge in [0.15, 0.2) is 0 Å². The maximum atomic E-state index is 13.3. The lowest BCUT2D eigenvalue weighted by molar-refractivity contribution is 0.479. The number of nitrogens with zero attached hydrogens (tertiary/aromatic N) is 2. The van der Waals surface area contributed by atoms with Gasteiger partial charge in [-0.3, -0.25) is 0 Å². The molecule has 0 aliphatic carbocycles. The van der Waals surface area contributed by atoms with Crippen molar-refractivity contribution in [1.82, 2.24) is 14.9 Å². The molecular formula is C16H21F2N3. The van der Waals surface area contributed by atoms with Crippen LogP contribution in [0.1, 0.15) is 37.7 Å². The summed E-state index contributed by atoms with van der Waals surface area (Å²) in [5.41, 5.74) is 0.631. The normalized spacial score (nSPS) is 12.6. The summed E-state index contributed by atoms with van der Waals surface area (Å²) in [6.45, 7) is 5.78. The number of aromatic nitrogens is 2. The van der Waals surface area contributed by atoms with Crippen LogP contribution < -0.4 is 5.32 Å². The van der Waals surface area contributed by atoms with Crippen LogP contribution >= 0.6 is 0 Å². The van der Waals surface area contributed by atoms with Crippen LogP contribution in [0.2, 0.25) is 0 Å². The van der Waals surface area contributed by atoms with Crippen LogP contribution in [-0.4, -0.2) is 16.1 Å². The van der Waals surface area contributed by atoms with Crippen molar-refractivity contribution in [2.24, 2.45) is 0 Å². The van der Waals surface area contributed by atoms with E-state index in [9.17, 15) is 8.78 Å². The second-order valence-electron chi connectivity index (χ2n) is 5.06. The van der Waals surface area contributed by atoms with Crippen LogP contribution in [-0.2, 0) is 13.0 Å². The van der Waals surface area contributed by atoms with Crippen molar-refractivity contribution in [3.05, 3.63) is 53.6 Å². The Morgan fingerprint density at radius 3 is 2.52 bits per heavy atom. The molecule has 114 valence electrons. The third kappa shape index (κ3) is 4.11. The highest BCUT2D eigenvalue weighted by Gasteiger charge is 2.17. The minimum Gasteiger partial charge on any atom is -0.334 e. The zero-order valence-electron chi connectivity index (χ0n) is 12.4. The molecule has 3 nitrogen and oxygen atoms in total. The van der Waals surface area contributed by atoms with E-state index in [4.69, 9.17) is 0 Å². The molecule has 1 N–H and O–H groups in total. The van der Waals surface area contributed by atoms with E-state index in [0.29, 0.717) is 12.0 Å². The SMILES string of the molecule is CCCNC(Cc1cc(F)cc(F)c1)c1nccn1CC. The molecule has 0 saturated heterocycles. The number of nitrogens with one attached hydrogen (secondary N) is 1. The predicted molar refractivity (Wildman–Crippen MR) is 79.0 cm³/mol. The first kappa shape index (κ1) is 15.6. The van der Waals surface area contributed by atoms with Gasteiger partial charge >= 0.3 is 0 Å². The van der Waals surface area contributed by atoms with Crippen molar-refractivity contribution in [3.63, 3.8) is 0 Å². The topological polar surface area (TPSA) is 29.9 Å². The quantitative estimate of drug-likeness (QED) is 0.847. The molecule has 2 aromatic rings. The van der Waals surface area contributed by atoms with E-state index in [2.05, 4.69) is 17.2 Å². The van der Waals surface area contributed by atoms with Crippen LogP contribution in [0.4, 0.5) is 8.78 Å². The number of benzene rings is 1. The summed E-state index contributed by atoms with van der Waals surface area (Å²) in [5, 5.41) is 3.41. The maximum Gasteiger partial charge on any atom is 0.126 e. The molecule has 0 bridgehead atoms. The lowest BCUT2D eigenvalue weighted by atomic mass is 10.0. The maximum absolute atomic E-state index is 13.3. The number of hydrogen-bond donors (Lipinski definition) is 1. The van der Waals surface area contributed by atoms with Gasteiger partial charge < -0.3 is 9.88 Å². The van der Waals surface area contributed by atoms with Crippen LogP contribution in [0.15, 0.2) is 30.6 Å². The molecule has 0 fully saturated rings. The molecule has 1 atom stereocenters. The van der Waals surface area contributed by atoms with Gasteiger partial charge in [0.05, 0.1) is 6.04 Å². The third-order valence-corrected chi connectivity index (χ3v) is 3.40. The van der Waals surface area contributed by atoms with Gasteiger partial charge in [-0.25, -0.2) is 13.8 Å². The van der Waals surface area contributed by atoms with E-state index in [-0.39, 0.29) is 6.04 Å². The van der Waals surface area contributed by atoms with Crippen LogP contribution in [0, 0.1) is 11.6 Å². The van der Waals surface area contributed by atoms with E-state index < -0.39 is 11.6 Å². The first-order chi connectivity index (χ1) is 10.1. The van der Waals surface area contributed by atoms with Crippen molar-refractivity contribution in [1.29, 1.82) is 0 Å². The summed E-state index contributed by atoms with van der Waals surface area (Å²) in [6.07, 6.45) is 5.17. The Morgan fingerprint density at radius 1 is 1.19 bits per heavy atom. The second-order valence-corrected chi connectivity index (χ2v) is 5.06. The van der Waals surface area contributed by atoms with E-state index in [0.717, 1.165) is 31.4 Å². The Kier molecular flexibility index (Phi) is 5.44. The first-order valence-corrected chi connectivity index (χ1v) is 7.33. The zero-order valence-corrected chi connectivity index (χ0v) is 12.4. The Bertz CT molecular complexity index is 560. The fourth-order valence-electron chi connectivity index (χ4n) is 2.44. The smallest absolute Gasteiger partial charge is 0.126 e. The highest BCUT2D eigenvalue weighted by molar-refractivity contribution is 5.20. The van der Waals surface area contributed by atoms with Crippen molar-refractivity contribution >= 4 is 0 Å². The highest BCUT2D eigenvalue weighted by Crippen LogP contribution is 2.19. The number of aryl methyl sites for hydroxylation is 1. The summed E-state index contributed by atoms with van der Waals surface area (Å²) in [6, 6.07) is 3.60. The number of hydrogen-bond acceptors (Lipinski definition) is 2. The van der Waals surface area contributed by atoms with Gasteiger partial charge in [0.25, 0.3) is 0 Å². The minimum absolute atomic E-state index is 0.0545. The average molecular weight is 293 g/mol. The fourth-order valence-corrected chi connectivity index (χ4v) is 2.44. The Balaban J connectivity index is 2.23. The molecular weight excluding hydrogens is 272 g/mol. The van der Waals surface area contributed by atoms with Crippen molar-refractivity contribution in [3.8, 4) is 0 Å². The summed E-state index contributed by atoms with van der Waals surface area (Å²) >= 11 is 0. The fraction of sp³-hybridized carbons (Fsp3) is 0.438. The molecule has 21 heavy (non-hydrogen) atoms. The summed E-state index contributed by atoms with van der Waals surface area (Å²) in [4.78, 5) is 4.39. The Labute approximate surface area is 124 Å². The molecule has 0 radical (unpaired) electrons. The largest absolute Gasteiger partial charge is 0.334 e. The Morgan fingerprint density at radius 2 is 1.90 bits per heavy atom. The molecule has 0 saturated carbocycles. The van der Waals surface area contributed by atoms with Crippen molar-refractivity contribution < 1.29 is 8.78 Å². The van der Waals surface area contributed by atoms with E-state index in [1.54, 1.807) is 6.20 Å². The van der Waals surface area contributed by atoms with Crippen molar-refractivity contribution in [2.75, 3.05) is 6.54 Å². The molecule has 0 spiro atoms. The monoisotopic (exact) mass is 293 g/mol. The molecule has 2 rings (SSSR count). The molecule has 5 heteroatoms. The molecule has 1 heterocycles. The minimum atomic E-state index is -0.543. The average Bonchev–Trinajstić information content (AvgIpc) is 2.90. The van der Waals surface area contributed by atoms with Gasteiger partial charge in [0.1, 0.15) is 17.5 Å². The Hall–Kier alpha value is -1.75. The summed E-state index contributed by atoms with van der Waals surface area (Å²) in [5.74, 6) is -0.188. The molecule has 0 amide bonds. The van der Waals surface area contributed by atoms with E-state index in [1.165, 1.54) is 12.1 Å². The van der Waals surface area contributed by atoms with E-state index in [1.807, 2.05) is 17.7 Å². The molecule has 1 aromatic carbocycles.